The summed E-state index contributed by atoms with van der Waals surface area (Å²) < 4.78 is 0. The van der Waals surface area contributed by atoms with Gasteiger partial charge in [-0.2, -0.15) is 0 Å². The monoisotopic (exact) mass is 618 g/mol. The average Bonchev–Trinajstić information content (AvgIpc) is 3.04. The molecule has 0 aromatic heterocycles. The van der Waals surface area contributed by atoms with Gasteiger partial charge >= 0.3 is 0 Å². The Morgan fingerprint density at radius 1 is 0.609 bits per heavy atom. The number of carbonyl (C=O) groups excluding carboxylic acids is 1. The first-order valence-electron chi connectivity index (χ1n) is 16.9. The average molecular weight is 619 g/mol. The predicted octanol–water partition coefficient (Wildman–Crippen LogP) is 12.0. The van der Waals surface area contributed by atoms with Crippen LogP contribution in [0, 0.1) is 13.8 Å². The minimum atomic E-state index is -0.185. The van der Waals surface area contributed by atoms with Crippen LogP contribution in [0.4, 0.5) is 0 Å². The zero-order valence-electron chi connectivity index (χ0n) is 28.2. The minimum Gasteiger partial charge on any atom is -0.508 e. The molecule has 3 nitrogen and oxygen atoms in total. The van der Waals surface area contributed by atoms with Crippen LogP contribution >= 0.6 is 0 Å². The Balaban J connectivity index is 1.69. The van der Waals surface area contributed by atoms with Gasteiger partial charge in [0.15, 0.2) is 5.78 Å². The molecule has 0 saturated heterocycles. The third kappa shape index (κ3) is 16.6. The number of allylic oxidation sites excluding steroid dienone is 15. The van der Waals surface area contributed by atoms with E-state index in [1.807, 2.05) is 117 Å². The highest BCUT2D eigenvalue weighted by atomic mass is 16.3. The summed E-state index contributed by atoms with van der Waals surface area (Å²) in [7, 11) is 0. The van der Waals surface area contributed by atoms with Crippen LogP contribution in [0.1, 0.15) is 104 Å². The van der Waals surface area contributed by atoms with Crippen LogP contribution < -0.4 is 0 Å². The van der Waals surface area contributed by atoms with Crippen molar-refractivity contribution < 1.29 is 15.0 Å². The summed E-state index contributed by atoms with van der Waals surface area (Å²) in [5.41, 5.74) is 4.16. The van der Waals surface area contributed by atoms with E-state index >= 15 is 0 Å². The number of hydrogen-bond donors (Lipinski definition) is 2. The summed E-state index contributed by atoms with van der Waals surface area (Å²) in [6, 6.07) is 9.31. The molecular formula is C43H54O3. The molecule has 0 aliphatic heterocycles. The van der Waals surface area contributed by atoms with Gasteiger partial charge in [0.25, 0.3) is 0 Å². The molecule has 2 N–H and O–H groups in total. The van der Waals surface area contributed by atoms with Crippen molar-refractivity contribution in [3.05, 3.63) is 149 Å². The number of carbonyl (C=O) groups is 1. The number of phenolic OH excluding ortho intramolecular Hbond substituents is 2. The van der Waals surface area contributed by atoms with E-state index in [1.54, 1.807) is 18.2 Å². The SMILES string of the molecule is CCCCCCCCCCCCc1cc(C)cc(C(=O)C=CC=CC=CC=CC=CC=CC=CC=Cc2ccc(O)c(C)c2)c1O. The first kappa shape index (κ1) is 37.8. The molecule has 0 radical (unpaired) electrons. The van der Waals surface area contributed by atoms with Crippen molar-refractivity contribution in [1.29, 1.82) is 0 Å². The second kappa shape index (κ2) is 23.9. The number of unbranched alkanes of at least 4 members (excludes halogenated alkanes) is 9. The lowest BCUT2D eigenvalue weighted by Crippen LogP contribution is -1.99. The summed E-state index contributed by atoms with van der Waals surface area (Å²) in [5.74, 6) is 0.255. The molecule has 3 heteroatoms. The Morgan fingerprint density at radius 3 is 1.65 bits per heavy atom. The van der Waals surface area contributed by atoms with Crippen molar-refractivity contribution in [3.63, 3.8) is 0 Å². The molecule has 0 bridgehead atoms. The van der Waals surface area contributed by atoms with Crippen molar-refractivity contribution in [2.24, 2.45) is 0 Å². The van der Waals surface area contributed by atoms with E-state index in [4.69, 9.17) is 0 Å². The zero-order valence-corrected chi connectivity index (χ0v) is 28.2. The van der Waals surface area contributed by atoms with Crippen LogP contribution in [-0.4, -0.2) is 16.0 Å². The smallest absolute Gasteiger partial charge is 0.189 e. The zero-order chi connectivity index (χ0) is 33.2. The summed E-state index contributed by atoms with van der Waals surface area (Å²) in [6.07, 6.45) is 43.8. The molecule has 2 aromatic rings. The highest BCUT2D eigenvalue weighted by molar-refractivity contribution is 6.07. The molecule has 0 aliphatic rings. The number of rotatable bonds is 21. The molecule has 0 atom stereocenters. The van der Waals surface area contributed by atoms with Crippen LogP contribution in [0.25, 0.3) is 6.08 Å². The summed E-state index contributed by atoms with van der Waals surface area (Å²) in [6.45, 7) is 6.11. The van der Waals surface area contributed by atoms with E-state index in [2.05, 4.69) is 6.92 Å². The van der Waals surface area contributed by atoms with Gasteiger partial charge in [0, 0.05) is 0 Å². The lowest BCUT2D eigenvalue weighted by atomic mass is 9.97. The van der Waals surface area contributed by atoms with E-state index in [0.717, 1.165) is 41.5 Å². The number of hydrogen-bond acceptors (Lipinski definition) is 3. The Labute approximate surface area is 278 Å². The van der Waals surface area contributed by atoms with E-state index < -0.39 is 0 Å². The fraction of sp³-hybridized carbons (Fsp3) is 0.326. The maximum absolute atomic E-state index is 12.8. The van der Waals surface area contributed by atoms with Gasteiger partial charge in [0.05, 0.1) is 5.56 Å². The van der Waals surface area contributed by atoms with Gasteiger partial charge < -0.3 is 10.2 Å². The maximum atomic E-state index is 12.8. The van der Waals surface area contributed by atoms with E-state index in [9.17, 15) is 15.0 Å². The molecule has 0 heterocycles. The van der Waals surface area contributed by atoms with Crippen LogP contribution in [0.5, 0.6) is 11.5 Å². The standard InChI is InChI=1S/C43H54O3/c1-4-5-6-7-8-9-17-20-23-26-29-39-33-36(2)34-40(43(39)46)42(45)30-27-24-21-18-15-13-11-10-12-14-16-19-22-25-28-38-31-32-41(44)37(3)35-38/h10-16,18-19,21-22,24-25,27-28,30-35,44,46H,4-9,17,20,23,26,29H2,1-3H3. The summed E-state index contributed by atoms with van der Waals surface area (Å²) >= 11 is 0. The number of aromatic hydroxyl groups is 2. The number of phenols is 2. The van der Waals surface area contributed by atoms with Gasteiger partial charge in [0.1, 0.15) is 11.5 Å². The van der Waals surface area contributed by atoms with Crippen molar-refractivity contribution in [2.75, 3.05) is 0 Å². The maximum Gasteiger partial charge on any atom is 0.189 e. The van der Waals surface area contributed by atoms with Crippen LogP contribution in [0.15, 0.2) is 121 Å². The molecule has 2 aromatic carbocycles. The second-order valence-electron chi connectivity index (χ2n) is 11.7. The fourth-order valence-electron chi connectivity index (χ4n) is 4.99. The Morgan fingerprint density at radius 2 is 1.11 bits per heavy atom. The first-order valence-corrected chi connectivity index (χ1v) is 16.9. The van der Waals surface area contributed by atoms with Crippen molar-refractivity contribution >= 4 is 11.9 Å². The minimum absolute atomic E-state index is 0.127. The summed E-state index contributed by atoms with van der Waals surface area (Å²) in [5, 5.41) is 20.4. The third-order valence-electron chi connectivity index (χ3n) is 7.60. The van der Waals surface area contributed by atoms with Gasteiger partial charge in [-0.25, -0.2) is 0 Å². The Kier molecular flexibility index (Phi) is 19.7. The molecule has 0 unspecified atom stereocenters. The van der Waals surface area contributed by atoms with Crippen LogP contribution in [0.3, 0.4) is 0 Å². The second-order valence-corrected chi connectivity index (χ2v) is 11.7. The molecule has 0 aliphatic carbocycles. The number of aryl methyl sites for hydroxylation is 3. The lowest BCUT2D eigenvalue weighted by Gasteiger charge is -2.10. The normalized spacial score (nSPS) is 12.8. The van der Waals surface area contributed by atoms with Gasteiger partial charge in [-0.3, -0.25) is 4.79 Å². The quantitative estimate of drug-likeness (QED) is 0.0633. The number of benzene rings is 2. The fourth-order valence-corrected chi connectivity index (χ4v) is 4.99. The molecule has 46 heavy (non-hydrogen) atoms. The van der Waals surface area contributed by atoms with E-state index in [0.29, 0.717) is 11.3 Å². The van der Waals surface area contributed by atoms with Crippen molar-refractivity contribution in [2.45, 2.75) is 91.4 Å². The molecule has 0 amide bonds. The predicted molar refractivity (Wildman–Crippen MR) is 199 cm³/mol. The van der Waals surface area contributed by atoms with Crippen molar-refractivity contribution in [3.8, 4) is 11.5 Å². The Bertz CT molecular complexity index is 1430. The van der Waals surface area contributed by atoms with Gasteiger partial charge in [-0.05, 0) is 73.2 Å². The topological polar surface area (TPSA) is 57.5 Å². The highest BCUT2D eigenvalue weighted by Crippen LogP contribution is 2.27. The molecule has 244 valence electrons. The molecule has 0 saturated carbocycles. The highest BCUT2D eigenvalue weighted by Gasteiger charge is 2.13. The molecule has 0 fully saturated rings. The number of ketones is 1. The van der Waals surface area contributed by atoms with Gasteiger partial charge in [-0.1, -0.05) is 168 Å². The largest absolute Gasteiger partial charge is 0.508 e. The summed E-state index contributed by atoms with van der Waals surface area (Å²) in [4.78, 5) is 12.8. The van der Waals surface area contributed by atoms with Crippen LogP contribution in [-0.2, 0) is 6.42 Å². The first-order chi connectivity index (χ1) is 22.4. The molecular weight excluding hydrogens is 564 g/mol. The van der Waals surface area contributed by atoms with Gasteiger partial charge in [0.2, 0.25) is 0 Å². The van der Waals surface area contributed by atoms with Crippen molar-refractivity contribution in [1.82, 2.24) is 0 Å². The molecule has 0 spiro atoms. The van der Waals surface area contributed by atoms with E-state index in [-0.39, 0.29) is 11.5 Å². The lowest BCUT2D eigenvalue weighted by molar-refractivity contribution is 0.104. The molecule has 2 rings (SSSR count). The van der Waals surface area contributed by atoms with Crippen LogP contribution in [0.2, 0.25) is 0 Å². The van der Waals surface area contributed by atoms with Gasteiger partial charge in [-0.15, -0.1) is 0 Å². The van der Waals surface area contributed by atoms with E-state index in [1.165, 1.54) is 57.4 Å². The third-order valence-corrected chi connectivity index (χ3v) is 7.60. The Hall–Kier alpha value is -4.37.